The van der Waals surface area contributed by atoms with Gasteiger partial charge in [0.25, 0.3) is 0 Å². The number of nitrogens with zero attached hydrogens (tertiary/aromatic N) is 4. The van der Waals surface area contributed by atoms with Crippen LogP contribution in [0.2, 0.25) is 5.02 Å². The SMILES string of the molecule is N#CCOc1cc(Cl)cn2c(C#N)cnc12. The second-order valence-electron chi connectivity index (χ2n) is 2.92. The van der Waals surface area contributed by atoms with Crippen molar-refractivity contribution in [2.75, 3.05) is 6.61 Å². The molecule has 16 heavy (non-hydrogen) atoms. The summed E-state index contributed by atoms with van der Waals surface area (Å²) in [6.07, 6.45) is 2.99. The summed E-state index contributed by atoms with van der Waals surface area (Å²) < 4.78 is 6.69. The first kappa shape index (κ1) is 10.3. The summed E-state index contributed by atoms with van der Waals surface area (Å²) in [4.78, 5) is 4.03. The van der Waals surface area contributed by atoms with Crippen molar-refractivity contribution < 1.29 is 4.74 Å². The van der Waals surface area contributed by atoms with E-state index >= 15 is 0 Å². The number of pyridine rings is 1. The maximum Gasteiger partial charge on any atom is 0.180 e. The van der Waals surface area contributed by atoms with Crippen molar-refractivity contribution >= 4 is 17.2 Å². The molecule has 78 valence electrons. The van der Waals surface area contributed by atoms with Gasteiger partial charge in [0.05, 0.1) is 11.2 Å². The minimum Gasteiger partial charge on any atom is -0.475 e. The molecule has 0 saturated heterocycles. The van der Waals surface area contributed by atoms with Crippen LogP contribution in [0.15, 0.2) is 18.5 Å². The highest BCUT2D eigenvalue weighted by atomic mass is 35.5. The van der Waals surface area contributed by atoms with Gasteiger partial charge in [-0.05, 0) is 0 Å². The maximum atomic E-state index is 8.84. The van der Waals surface area contributed by atoms with E-state index in [1.165, 1.54) is 10.6 Å². The average Bonchev–Trinajstić information content (AvgIpc) is 2.68. The largest absolute Gasteiger partial charge is 0.475 e. The number of ether oxygens (including phenoxy) is 1. The van der Waals surface area contributed by atoms with Crippen LogP contribution < -0.4 is 4.74 Å². The molecule has 2 rings (SSSR count). The molecule has 5 nitrogen and oxygen atoms in total. The Morgan fingerprint density at radius 2 is 2.31 bits per heavy atom. The fourth-order valence-electron chi connectivity index (χ4n) is 1.32. The van der Waals surface area contributed by atoms with E-state index in [0.717, 1.165) is 0 Å². The summed E-state index contributed by atoms with van der Waals surface area (Å²) in [5.41, 5.74) is 0.829. The normalized spacial score (nSPS) is 9.69. The lowest BCUT2D eigenvalue weighted by molar-refractivity contribution is 0.370. The predicted molar refractivity (Wildman–Crippen MR) is 56.0 cm³/mol. The summed E-state index contributed by atoms with van der Waals surface area (Å²) in [6.45, 7) is -0.0925. The van der Waals surface area contributed by atoms with Crippen LogP contribution in [0, 0.1) is 22.7 Å². The van der Waals surface area contributed by atoms with Crippen molar-refractivity contribution in [2.45, 2.75) is 0 Å². The van der Waals surface area contributed by atoms with E-state index in [-0.39, 0.29) is 6.61 Å². The summed E-state index contributed by atoms with van der Waals surface area (Å²) in [5, 5.41) is 17.7. The monoisotopic (exact) mass is 232 g/mol. The van der Waals surface area contributed by atoms with Gasteiger partial charge in [0.1, 0.15) is 17.8 Å². The van der Waals surface area contributed by atoms with Gasteiger partial charge in [0.15, 0.2) is 18.0 Å². The molecule has 0 aliphatic heterocycles. The Balaban J connectivity index is 2.62. The average molecular weight is 233 g/mol. The molecule has 0 spiro atoms. The van der Waals surface area contributed by atoms with Gasteiger partial charge in [-0.3, -0.25) is 4.40 Å². The van der Waals surface area contributed by atoms with Crippen LogP contribution >= 0.6 is 11.6 Å². The van der Waals surface area contributed by atoms with Crippen molar-refractivity contribution in [1.29, 1.82) is 10.5 Å². The zero-order valence-corrected chi connectivity index (χ0v) is 8.77. The molecule has 0 unspecified atom stereocenters. The van der Waals surface area contributed by atoms with Gasteiger partial charge in [0, 0.05) is 12.3 Å². The first-order valence-electron chi connectivity index (χ1n) is 4.32. The molecule has 6 heteroatoms. The van der Waals surface area contributed by atoms with Crippen molar-refractivity contribution in [1.82, 2.24) is 9.38 Å². The minimum absolute atomic E-state index is 0.0925. The van der Waals surface area contributed by atoms with Gasteiger partial charge in [-0.15, -0.1) is 0 Å². The second-order valence-corrected chi connectivity index (χ2v) is 3.35. The standard InChI is InChI=1S/C10H5ClN4O/c11-7-3-9(16-2-1-12)10-14-5-8(4-13)15(10)6-7/h3,5-6H,2H2. The van der Waals surface area contributed by atoms with E-state index in [4.69, 9.17) is 26.9 Å². The molecule has 0 amide bonds. The maximum absolute atomic E-state index is 8.84. The topological polar surface area (TPSA) is 74.1 Å². The molecule has 2 aromatic heterocycles. The molecular weight excluding hydrogens is 228 g/mol. The summed E-state index contributed by atoms with van der Waals surface area (Å²) >= 11 is 5.87. The second kappa shape index (κ2) is 4.09. The Labute approximate surface area is 96.1 Å². The first-order valence-corrected chi connectivity index (χ1v) is 4.70. The number of rotatable bonds is 2. The van der Waals surface area contributed by atoms with Gasteiger partial charge in [-0.2, -0.15) is 10.5 Å². The number of aromatic nitrogens is 2. The van der Waals surface area contributed by atoms with Gasteiger partial charge >= 0.3 is 0 Å². The molecule has 0 N–H and O–H groups in total. The Kier molecular flexibility index (Phi) is 2.63. The van der Waals surface area contributed by atoms with E-state index in [1.54, 1.807) is 12.3 Å². The molecule has 0 saturated carbocycles. The zero-order valence-electron chi connectivity index (χ0n) is 8.01. The minimum atomic E-state index is -0.0925. The van der Waals surface area contributed by atoms with Crippen LogP contribution in [0.1, 0.15) is 5.69 Å². The van der Waals surface area contributed by atoms with Crippen LogP contribution in [0.3, 0.4) is 0 Å². The van der Waals surface area contributed by atoms with Crippen LogP contribution in [0.5, 0.6) is 5.75 Å². The molecule has 0 fully saturated rings. The Hall–Kier alpha value is -2.24. The van der Waals surface area contributed by atoms with E-state index in [1.807, 2.05) is 12.1 Å². The Morgan fingerprint density at radius 3 is 3.00 bits per heavy atom. The lowest BCUT2D eigenvalue weighted by Crippen LogP contribution is -1.97. The number of hydrogen-bond acceptors (Lipinski definition) is 4. The summed E-state index contributed by atoms with van der Waals surface area (Å²) in [6, 6.07) is 5.39. The van der Waals surface area contributed by atoms with Crippen molar-refractivity contribution in [3.63, 3.8) is 0 Å². The third-order valence-corrected chi connectivity index (χ3v) is 2.15. The number of nitriles is 2. The molecule has 2 heterocycles. The molecule has 0 aromatic carbocycles. The molecular formula is C10H5ClN4O. The van der Waals surface area contributed by atoms with Crippen LogP contribution in [-0.2, 0) is 0 Å². The molecule has 0 aliphatic carbocycles. The van der Waals surface area contributed by atoms with E-state index in [9.17, 15) is 0 Å². The zero-order chi connectivity index (χ0) is 11.5. The lowest BCUT2D eigenvalue weighted by Gasteiger charge is -2.04. The van der Waals surface area contributed by atoms with E-state index < -0.39 is 0 Å². The molecule has 0 atom stereocenters. The highest BCUT2D eigenvalue weighted by molar-refractivity contribution is 6.30. The van der Waals surface area contributed by atoms with Crippen molar-refractivity contribution in [2.24, 2.45) is 0 Å². The van der Waals surface area contributed by atoms with Crippen LogP contribution in [0.4, 0.5) is 0 Å². The number of fused-ring (bicyclic) bond motifs is 1. The molecule has 0 aliphatic rings. The first-order chi connectivity index (χ1) is 7.76. The smallest absolute Gasteiger partial charge is 0.180 e. The number of imidazole rings is 1. The molecule has 0 bridgehead atoms. The van der Waals surface area contributed by atoms with Crippen LogP contribution in [0.25, 0.3) is 5.65 Å². The number of halogens is 1. The van der Waals surface area contributed by atoms with E-state index in [0.29, 0.717) is 22.1 Å². The van der Waals surface area contributed by atoms with E-state index in [2.05, 4.69) is 4.98 Å². The van der Waals surface area contributed by atoms with Gasteiger partial charge < -0.3 is 4.74 Å². The van der Waals surface area contributed by atoms with Crippen molar-refractivity contribution in [3.8, 4) is 17.9 Å². The molecule has 2 aromatic rings. The summed E-state index contributed by atoms with van der Waals surface area (Å²) in [7, 11) is 0. The Morgan fingerprint density at radius 1 is 1.50 bits per heavy atom. The fraction of sp³-hybridized carbons (Fsp3) is 0.100. The molecule has 0 radical (unpaired) electrons. The lowest BCUT2D eigenvalue weighted by atomic mass is 10.4. The van der Waals surface area contributed by atoms with Crippen LogP contribution in [-0.4, -0.2) is 16.0 Å². The highest BCUT2D eigenvalue weighted by Gasteiger charge is 2.09. The van der Waals surface area contributed by atoms with Gasteiger partial charge in [0.2, 0.25) is 0 Å². The van der Waals surface area contributed by atoms with Gasteiger partial charge in [-0.1, -0.05) is 11.6 Å². The fourth-order valence-corrected chi connectivity index (χ4v) is 1.52. The highest BCUT2D eigenvalue weighted by Crippen LogP contribution is 2.24. The quantitative estimate of drug-likeness (QED) is 0.791. The third kappa shape index (κ3) is 1.65. The number of hydrogen-bond donors (Lipinski definition) is 0. The van der Waals surface area contributed by atoms with Crippen molar-refractivity contribution in [3.05, 3.63) is 29.2 Å². The summed E-state index contributed by atoms with van der Waals surface area (Å²) in [5.74, 6) is 0.385. The third-order valence-electron chi connectivity index (χ3n) is 1.95. The van der Waals surface area contributed by atoms with Gasteiger partial charge in [-0.25, -0.2) is 4.98 Å². The Bertz CT molecular complexity index is 620. The predicted octanol–water partition coefficient (Wildman–Crippen LogP) is 1.76.